The van der Waals surface area contributed by atoms with Gasteiger partial charge in [-0.15, -0.1) is 0 Å². The van der Waals surface area contributed by atoms with Gasteiger partial charge in [-0.05, 0) is 24.6 Å². The van der Waals surface area contributed by atoms with Crippen molar-refractivity contribution in [1.82, 2.24) is 0 Å². The molecule has 0 radical (unpaired) electrons. The summed E-state index contributed by atoms with van der Waals surface area (Å²) in [6.07, 6.45) is 1.13. The van der Waals surface area contributed by atoms with Crippen LogP contribution in [0.15, 0.2) is 18.2 Å². The molecule has 3 nitrogen and oxygen atoms in total. The lowest BCUT2D eigenvalue weighted by Gasteiger charge is -2.18. The maximum Gasteiger partial charge on any atom is 0.0992 e. The van der Waals surface area contributed by atoms with Gasteiger partial charge in [-0.25, -0.2) is 0 Å². The minimum atomic E-state index is 0.714. The van der Waals surface area contributed by atoms with Crippen LogP contribution in [0.25, 0.3) is 0 Å². The van der Waals surface area contributed by atoms with E-state index in [1.54, 1.807) is 0 Å². The van der Waals surface area contributed by atoms with Gasteiger partial charge < -0.3 is 10.2 Å². The van der Waals surface area contributed by atoms with Crippen molar-refractivity contribution >= 4 is 11.4 Å². The summed E-state index contributed by atoms with van der Waals surface area (Å²) in [6, 6.07) is 7.94. The van der Waals surface area contributed by atoms with Gasteiger partial charge in [-0.1, -0.05) is 0 Å². The molecule has 1 aromatic rings. The SMILES string of the molecule is CN1CCCNc2cc(C#N)ccc21. The Morgan fingerprint density at radius 3 is 3.14 bits per heavy atom. The maximum absolute atomic E-state index is 8.78. The summed E-state index contributed by atoms with van der Waals surface area (Å²) in [4.78, 5) is 2.22. The lowest BCUT2D eigenvalue weighted by Crippen LogP contribution is -2.17. The highest BCUT2D eigenvalue weighted by molar-refractivity contribution is 5.72. The van der Waals surface area contributed by atoms with E-state index in [0.29, 0.717) is 5.56 Å². The van der Waals surface area contributed by atoms with Crippen molar-refractivity contribution < 1.29 is 0 Å². The second kappa shape index (κ2) is 3.59. The first-order valence-electron chi connectivity index (χ1n) is 4.80. The number of rotatable bonds is 0. The van der Waals surface area contributed by atoms with Crippen LogP contribution in [-0.2, 0) is 0 Å². The third-order valence-corrected chi connectivity index (χ3v) is 2.52. The van der Waals surface area contributed by atoms with Gasteiger partial charge in [0.05, 0.1) is 23.0 Å². The fraction of sp³-hybridized carbons (Fsp3) is 0.364. The van der Waals surface area contributed by atoms with Crippen LogP contribution in [0, 0.1) is 11.3 Å². The molecule has 0 bridgehead atoms. The number of nitriles is 1. The fourth-order valence-corrected chi connectivity index (χ4v) is 1.74. The third-order valence-electron chi connectivity index (χ3n) is 2.52. The zero-order valence-electron chi connectivity index (χ0n) is 8.25. The second-order valence-electron chi connectivity index (χ2n) is 3.55. The minimum absolute atomic E-state index is 0.714. The smallest absolute Gasteiger partial charge is 0.0992 e. The number of nitrogens with zero attached hydrogens (tertiary/aromatic N) is 2. The Bertz CT molecular complexity index is 379. The molecule has 0 aliphatic carbocycles. The van der Waals surface area contributed by atoms with Gasteiger partial charge >= 0.3 is 0 Å². The average Bonchev–Trinajstić information content (AvgIpc) is 2.40. The molecule has 3 heteroatoms. The summed E-state index contributed by atoms with van der Waals surface area (Å²) < 4.78 is 0. The standard InChI is InChI=1S/C11H13N3/c1-14-6-2-5-13-10-7-9(8-12)3-4-11(10)14/h3-4,7,13H,2,5-6H2,1H3. The van der Waals surface area contributed by atoms with Crippen molar-refractivity contribution in [1.29, 1.82) is 5.26 Å². The van der Waals surface area contributed by atoms with Crippen molar-refractivity contribution in [2.75, 3.05) is 30.4 Å². The highest BCUT2D eigenvalue weighted by atomic mass is 15.1. The van der Waals surface area contributed by atoms with E-state index in [9.17, 15) is 0 Å². The number of benzene rings is 1. The molecule has 14 heavy (non-hydrogen) atoms. The van der Waals surface area contributed by atoms with E-state index in [1.807, 2.05) is 18.2 Å². The van der Waals surface area contributed by atoms with E-state index in [0.717, 1.165) is 25.2 Å². The normalized spacial score (nSPS) is 15.0. The van der Waals surface area contributed by atoms with Crippen LogP contribution >= 0.6 is 0 Å². The molecule has 0 spiro atoms. The molecule has 1 aliphatic heterocycles. The number of hydrogen-bond acceptors (Lipinski definition) is 3. The first kappa shape index (κ1) is 8.89. The Hall–Kier alpha value is -1.69. The van der Waals surface area contributed by atoms with E-state index in [-0.39, 0.29) is 0 Å². The van der Waals surface area contributed by atoms with Crippen LogP contribution in [0.2, 0.25) is 0 Å². The van der Waals surface area contributed by atoms with Crippen molar-refractivity contribution in [3.63, 3.8) is 0 Å². The molecule has 0 aromatic heterocycles. The number of nitrogens with one attached hydrogen (secondary N) is 1. The molecule has 1 N–H and O–H groups in total. The Kier molecular flexibility index (Phi) is 2.28. The summed E-state index contributed by atoms with van der Waals surface area (Å²) in [5.41, 5.74) is 2.97. The van der Waals surface area contributed by atoms with Gasteiger partial charge in [0.1, 0.15) is 0 Å². The molecule has 0 amide bonds. The lowest BCUT2D eigenvalue weighted by molar-refractivity contribution is 0.837. The van der Waals surface area contributed by atoms with E-state index >= 15 is 0 Å². The predicted molar refractivity (Wildman–Crippen MR) is 57.5 cm³/mol. The van der Waals surface area contributed by atoms with Gasteiger partial charge in [0.2, 0.25) is 0 Å². The summed E-state index contributed by atoms with van der Waals surface area (Å²) in [5.74, 6) is 0. The van der Waals surface area contributed by atoms with Crippen LogP contribution in [0.3, 0.4) is 0 Å². The molecule has 0 unspecified atom stereocenters. The van der Waals surface area contributed by atoms with Crippen LogP contribution in [0.4, 0.5) is 11.4 Å². The number of fused-ring (bicyclic) bond motifs is 1. The molecule has 0 atom stereocenters. The number of anilines is 2. The number of hydrogen-bond donors (Lipinski definition) is 1. The first-order chi connectivity index (χ1) is 6.81. The zero-order chi connectivity index (χ0) is 9.97. The van der Waals surface area contributed by atoms with Crippen LogP contribution in [0.1, 0.15) is 12.0 Å². The van der Waals surface area contributed by atoms with Crippen molar-refractivity contribution in [2.24, 2.45) is 0 Å². The molecular formula is C11H13N3. The molecule has 1 aromatic carbocycles. The quantitative estimate of drug-likeness (QED) is 0.673. The maximum atomic E-state index is 8.78. The summed E-state index contributed by atoms with van der Waals surface area (Å²) in [6.45, 7) is 2.04. The van der Waals surface area contributed by atoms with Gasteiger partial charge in [-0.3, -0.25) is 0 Å². The van der Waals surface area contributed by atoms with Gasteiger partial charge in [0.25, 0.3) is 0 Å². The lowest BCUT2D eigenvalue weighted by atomic mass is 10.2. The van der Waals surface area contributed by atoms with Gasteiger partial charge in [0, 0.05) is 20.1 Å². The second-order valence-corrected chi connectivity index (χ2v) is 3.55. The van der Waals surface area contributed by atoms with Gasteiger partial charge in [-0.2, -0.15) is 5.26 Å². The van der Waals surface area contributed by atoms with E-state index in [2.05, 4.69) is 23.3 Å². The molecule has 1 heterocycles. The summed E-state index contributed by atoms with van der Waals surface area (Å²) in [5, 5.41) is 12.1. The highest BCUT2D eigenvalue weighted by Gasteiger charge is 2.11. The average molecular weight is 187 g/mol. The van der Waals surface area contributed by atoms with E-state index in [4.69, 9.17) is 5.26 Å². The molecule has 0 saturated heterocycles. The summed E-state index contributed by atoms with van der Waals surface area (Å²) in [7, 11) is 2.08. The van der Waals surface area contributed by atoms with E-state index in [1.165, 1.54) is 5.69 Å². The molecule has 0 fully saturated rings. The highest BCUT2D eigenvalue weighted by Crippen LogP contribution is 2.28. The van der Waals surface area contributed by atoms with E-state index < -0.39 is 0 Å². The molecule has 72 valence electrons. The van der Waals surface area contributed by atoms with Crippen LogP contribution in [0.5, 0.6) is 0 Å². The van der Waals surface area contributed by atoms with Gasteiger partial charge in [0.15, 0.2) is 0 Å². The Balaban J connectivity index is 2.44. The topological polar surface area (TPSA) is 39.1 Å². The third kappa shape index (κ3) is 1.51. The van der Waals surface area contributed by atoms with Crippen LogP contribution in [-0.4, -0.2) is 20.1 Å². The van der Waals surface area contributed by atoms with Crippen molar-refractivity contribution in [2.45, 2.75) is 6.42 Å². The minimum Gasteiger partial charge on any atom is -0.383 e. The van der Waals surface area contributed by atoms with Crippen LogP contribution < -0.4 is 10.2 Å². The molecule has 1 aliphatic rings. The Labute approximate surface area is 84.0 Å². The monoisotopic (exact) mass is 187 g/mol. The fourth-order valence-electron chi connectivity index (χ4n) is 1.74. The predicted octanol–water partition coefficient (Wildman–Crippen LogP) is 1.81. The molecule has 2 rings (SSSR count). The van der Waals surface area contributed by atoms with Crippen molar-refractivity contribution in [3.05, 3.63) is 23.8 Å². The Morgan fingerprint density at radius 2 is 2.36 bits per heavy atom. The largest absolute Gasteiger partial charge is 0.383 e. The summed E-state index contributed by atoms with van der Waals surface area (Å²) >= 11 is 0. The zero-order valence-corrected chi connectivity index (χ0v) is 8.25. The first-order valence-corrected chi connectivity index (χ1v) is 4.80. The Morgan fingerprint density at radius 1 is 1.50 bits per heavy atom. The molecular weight excluding hydrogens is 174 g/mol. The molecule has 0 saturated carbocycles. The van der Waals surface area contributed by atoms with Crippen molar-refractivity contribution in [3.8, 4) is 6.07 Å².